The first-order chi connectivity index (χ1) is 11.4. The van der Waals surface area contributed by atoms with Crippen molar-refractivity contribution in [3.8, 4) is 0 Å². The summed E-state index contributed by atoms with van der Waals surface area (Å²) >= 11 is 0. The number of rotatable bonds is 16. The van der Waals surface area contributed by atoms with Crippen molar-refractivity contribution in [2.75, 3.05) is 0 Å². The van der Waals surface area contributed by atoms with Crippen LogP contribution >= 0.6 is 0 Å². The van der Waals surface area contributed by atoms with Crippen LogP contribution in [-0.2, 0) is 14.9 Å². The number of unbranched alkanes of at least 4 members (excludes halogenated alkanes) is 9. The van der Waals surface area contributed by atoms with Crippen molar-refractivity contribution in [1.82, 2.24) is 0 Å². The fourth-order valence-corrected chi connectivity index (χ4v) is 3.36. The Morgan fingerprint density at radius 3 is 2.16 bits per heavy atom. The molecule has 5 nitrogen and oxygen atoms in total. The largest absolute Gasteiger partial charge is 1.00 e. The van der Waals surface area contributed by atoms with Gasteiger partial charge in [-0.2, -0.15) is 0 Å². The van der Waals surface area contributed by atoms with Crippen LogP contribution in [0.4, 0.5) is 0 Å². The third-order valence-electron chi connectivity index (χ3n) is 4.08. The molecule has 0 aliphatic carbocycles. The molecule has 0 aliphatic rings. The van der Waals surface area contributed by atoms with E-state index in [1.807, 2.05) is 6.08 Å². The van der Waals surface area contributed by atoms with Gasteiger partial charge in [-0.25, -0.2) is 8.42 Å². The fraction of sp³-hybridized carbons (Fsp3) is 0.833. The molecule has 0 amide bonds. The third kappa shape index (κ3) is 19.3. The van der Waals surface area contributed by atoms with Gasteiger partial charge >= 0.3 is 57.4 Å². The Morgan fingerprint density at radius 1 is 1.00 bits per heavy atom. The van der Waals surface area contributed by atoms with Gasteiger partial charge in [-0.15, -0.1) is 0 Å². The zero-order valence-electron chi connectivity index (χ0n) is 15.9. The monoisotopic (exact) mass is 400 g/mol. The van der Waals surface area contributed by atoms with Crippen molar-refractivity contribution in [2.24, 2.45) is 0 Å². The van der Waals surface area contributed by atoms with Crippen LogP contribution in [0.5, 0.6) is 0 Å². The molecule has 0 aromatic rings. The van der Waals surface area contributed by atoms with Crippen LogP contribution in [0.25, 0.3) is 0 Å². The zero-order chi connectivity index (χ0) is 18.3. The van der Waals surface area contributed by atoms with Crippen LogP contribution in [0.1, 0.15) is 90.4 Å². The van der Waals surface area contributed by atoms with Crippen molar-refractivity contribution in [3.05, 3.63) is 12.2 Å². The van der Waals surface area contributed by atoms with Crippen molar-refractivity contribution < 1.29 is 74.3 Å². The molecule has 0 aromatic carbocycles. The van der Waals surface area contributed by atoms with Gasteiger partial charge in [0.2, 0.25) is 0 Å². The molecule has 0 saturated carbocycles. The average Bonchev–Trinajstić information content (AvgIpc) is 2.49. The van der Waals surface area contributed by atoms with E-state index in [0.29, 0.717) is 19.3 Å². The molecule has 1 unspecified atom stereocenters. The van der Waals surface area contributed by atoms with E-state index < -0.39 is 21.3 Å². The predicted molar refractivity (Wildman–Crippen MR) is 96.0 cm³/mol. The Hall–Kier alpha value is 0.756. The number of aliphatic carboxylic acids is 1. The van der Waals surface area contributed by atoms with E-state index in [2.05, 4.69) is 6.92 Å². The maximum absolute atomic E-state index is 11.3. The number of carboxylic acids is 1. The van der Waals surface area contributed by atoms with Crippen molar-refractivity contribution in [2.45, 2.75) is 95.6 Å². The minimum atomic E-state index is -4.31. The average molecular weight is 401 g/mol. The molecule has 0 spiro atoms. The summed E-state index contributed by atoms with van der Waals surface area (Å²) in [6, 6.07) is 0. The van der Waals surface area contributed by atoms with E-state index in [1.165, 1.54) is 25.7 Å². The van der Waals surface area contributed by atoms with E-state index in [4.69, 9.17) is 5.11 Å². The molecule has 25 heavy (non-hydrogen) atoms. The number of carboxylic acid groups (broad SMARTS) is 1. The molecule has 0 saturated heterocycles. The molecule has 1 atom stereocenters. The summed E-state index contributed by atoms with van der Waals surface area (Å²) in [5.74, 6) is -0.812. The van der Waals surface area contributed by atoms with E-state index in [9.17, 15) is 17.8 Å². The number of carbonyl (C=O) groups is 1. The van der Waals surface area contributed by atoms with E-state index in [1.54, 1.807) is 6.08 Å². The standard InChI is InChI=1S/C18H34O5S.K/c1-2-3-4-5-6-7-8-11-14-17(24(21,22)23)15-12-9-10-13-16-18(19)20;/h11,14,17H,2-10,12-13,15-16H2,1H3,(H,19,20)(H,21,22,23);/q;+1/p-1/b14-11+;. The second-order valence-corrected chi connectivity index (χ2v) is 7.95. The maximum Gasteiger partial charge on any atom is 1.00 e. The van der Waals surface area contributed by atoms with Gasteiger partial charge < -0.3 is 9.66 Å². The topological polar surface area (TPSA) is 94.5 Å². The minimum Gasteiger partial charge on any atom is -0.747 e. The molecular weight excluding hydrogens is 367 g/mol. The van der Waals surface area contributed by atoms with Gasteiger partial charge in [0, 0.05) is 6.42 Å². The quantitative estimate of drug-likeness (QED) is 0.184. The second kappa shape index (κ2) is 18.1. The van der Waals surface area contributed by atoms with Crippen LogP contribution in [0.15, 0.2) is 12.2 Å². The van der Waals surface area contributed by atoms with Crippen LogP contribution in [0, 0.1) is 0 Å². The van der Waals surface area contributed by atoms with Crippen LogP contribution in [0.2, 0.25) is 0 Å². The minimum absolute atomic E-state index is 0. The summed E-state index contributed by atoms with van der Waals surface area (Å²) in [4.78, 5) is 10.4. The molecule has 1 N–H and O–H groups in total. The molecule has 0 radical (unpaired) electrons. The Balaban J connectivity index is 0. The summed E-state index contributed by atoms with van der Waals surface area (Å²) in [6.07, 6.45) is 14.5. The molecule has 0 bridgehead atoms. The Bertz CT molecular complexity index is 448. The third-order valence-corrected chi connectivity index (χ3v) is 5.21. The van der Waals surface area contributed by atoms with Crippen LogP contribution in [-0.4, -0.2) is 29.3 Å². The summed E-state index contributed by atoms with van der Waals surface area (Å²) in [5, 5.41) is 7.59. The smallest absolute Gasteiger partial charge is 0.747 e. The summed E-state index contributed by atoms with van der Waals surface area (Å²) < 4.78 is 33.9. The molecule has 0 fully saturated rings. The fourth-order valence-electron chi connectivity index (χ4n) is 2.60. The number of hydrogen-bond donors (Lipinski definition) is 1. The van der Waals surface area contributed by atoms with Crippen molar-refractivity contribution in [1.29, 1.82) is 0 Å². The Labute approximate surface area is 196 Å². The van der Waals surface area contributed by atoms with E-state index in [0.717, 1.165) is 32.1 Å². The first-order valence-corrected chi connectivity index (χ1v) is 10.7. The molecule has 0 aromatic heterocycles. The van der Waals surface area contributed by atoms with E-state index >= 15 is 0 Å². The summed E-state index contributed by atoms with van der Waals surface area (Å²) in [7, 11) is -4.31. The molecule has 7 heteroatoms. The molecular formula is C18H33KO5S. The molecule has 0 rings (SSSR count). The van der Waals surface area contributed by atoms with Crippen molar-refractivity contribution >= 4 is 16.1 Å². The van der Waals surface area contributed by atoms with Gasteiger partial charge in [0.15, 0.2) is 0 Å². The summed E-state index contributed by atoms with van der Waals surface area (Å²) in [6.45, 7) is 2.18. The van der Waals surface area contributed by atoms with Gasteiger partial charge in [0.05, 0.1) is 5.25 Å². The zero-order valence-corrected chi connectivity index (χ0v) is 19.9. The van der Waals surface area contributed by atoms with E-state index in [-0.39, 0.29) is 57.8 Å². The van der Waals surface area contributed by atoms with Gasteiger partial charge in [-0.3, -0.25) is 4.79 Å². The maximum atomic E-state index is 11.3. The van der Waals surface area contributed by atoms with Crippen LogP contribution < -0.4 is 51.4 Å². The SMILES string of the molecule is CCCCCCCC/C=C/C(CCCCCCC(=O)O)S(=O)(=O)[O-].[K+]. The van der Waals surface area contributed by atoms with Gasteiger partial charge in [-0.05, 0) is 25.7 Å². The normalized spacial score (nSPS) is 12.9. The molecule has 142 valence electrons. The van der Waals surface area contributed by atoms with Gasteiger partial charge in [0.1, 0.15) is 10.1 Å². The van der Waals surface area contributed by atoms with Gasteiger partial charge in [0.25, 0.3) is 0 Å². The van der Waals surface area contributed by atoms with Crippen molar-refractivity contribution in [3.63, 3.8) is 0 Å². The first-order valence-electron chi connectivity index (χ1n) is 9.21. The second-order valence-electron chi connectivity index (χ2n) is 6.36. The molecule has 0 heterocycles. The first kappa shape index (κ1) is 28.0. The van der Waals surface area contributed by atoms with Crippen LogP contribution in [0.3, 0.4) is 0 Å². The number of allylic oxidation sites excluding steroid dienone is 1. The predicted octanol–water partition coefficient (Wildman–Crippen LogP) is 1.64. The summed E-state index contributed by atoms with van der Waals surface area (Å²) in [5.41, 5.74) is 0. The van der Waals surface area contributed by atoms with Gasteiger partial charge in [-0.1, -0.05) is 70.4 Å². The Morgan fingerprint density at radius 2 is 1.56 bits per heavy atom. The molecule has 0 aliphatic heterocycles. The Kier molecular flexibility index (Phi) is 20.3. The number of hydrogen-bond acceptors (Lipinski definition) is 4.